The number of aliphatic hydroxyl groups excluding tert-OH is 1. The summed E-state index contributed by atoms with van der Waals surface area (Å²) in [5.41, 5.74) is 0.831. The molecule has 2 aromatic rings. The van der Waals surface area contributed by atoms with Crippen molar-refractivity contribution < 1.29 is 18.6 Å². The second-order valence-corrected chi connectivity index (χ2v) is 4.86. The molecule has 0 aromatic heterocycles. The van der Waals surface area contributed by atoms with Gasteiger partial charge in [0.2, 0.25) is 0 Å². The zero-order valence-electron chi connectivity index (χ0n) is 11.9. The van der Waals surface area contributed by atoms with Crippen molar-refractivity contribution in [2.45, 2.75) is 6.10 Å². The van der Waals surface area contributed by atoms with Crippen LogP contribution in [0.4, 0.5) is 14.5 Å². The Morgan fingerprint density at radius 3 is 2.57 bits per heavy atom. The minimum atomic E-state index is -1.23. The Kier molecular flexibility index (Phi) is 4.75. The van der Waals surface area contributed by atoms with Gasteiger partial charge in [0, 0.05) is 31.4 Å². The number of halogens is 2. The molecule has 2 aromatic carbocycles. The second-order valence-electron chi connectivity index (χ2n) is 4.86. The molecule has 2 rings (SSSR count). The van der Waals surface area contributed by atoms with Gasteiger partial charge in [-0.15, -0.1) is 0 Å². The van der Waals surface area contributed by atoms with Crippen LogP contribution in [0.1, 0.15) is 11.7 Å². The lowest BCUT2D eigenvalue weighted by Crippen LogP contribution is -2.13. The summed E-state index contributed by atoms with van der Waals surface area (Å²) < 4.78 is 32.1. The molecule has 0 saturated carbocycles. The fraction of sp³-hybridized carbons (Fsp3) is 0.250. The van der Waals surface area contributed by atoms with Crippen molar-refractivity contribution in [2.24, 2.45) is 0 Å². The predicted octanol–water partition coefficient (Wildman–Crippen LogP) is 3.14. The molecule has 21 heavy (non-hydrogen) atoms. The first-order valence-corrected chi connectivity index (χ1v) is 6.51. The number of nitrogens with zero attached hydrogens (tertiary/aromatic N) is 1. The molecule has 5 heteroatoms. The van der Waals surface area contributed by atoms with Crippen LogP contribution in [-0.2, 0) is 0 Å². The molecule has 0 aliphatic rings. The molecule has 0 fully saturated rings. The average Bonchev–Trinajstić information content (AvgIpc) is 2.48. The summed E-state index contributed by atoms with van der Waals surface area (Å²) >= 11 is 0. The van der Waals surface area contributed by atoms with E-state index in [1.165, 1.54) is 12.1 Å². The van der Waals surface area contributed by atoms with Crippen LogP contribution >= 0.6 is 0 Å². The van der Waals surface area contributed by atoms with E-state index in [1.54, 1.807) is 12.1 Å². The quantitative estimate of drug-likeness (QED) is 0.919. The number of rotatable bonds is 5. The van der Waals surface area contributed by atoms with Crippen molar-refractivity contribution in [3.05, 3.63) is 59.7 Å². The molecule has 1 unspecified atom stereocenters. The first-order valence-electron chi connectivity index (χ1n) is 6.51. The van der Waals surface area contributed by atoms with Crippen LogP contribution in [0.2, 0.25) is 0 Å². The molecule has 3 nitrogen and oxygen atoms in total. The first kappa shape index (κ1) is 15.3. The highest BCUT2D eigenvalue weighted by Crippen LogP contribution is 2.23. The summed E-state index contributed by atoms with van der Waals surface area (Å²) in [6, 6.07) is 11.0. The fourth-order valence-electron chi connectivity index (χ4n) is 1.89. The molecule has 0 amide bonds. The Labute approximate surface area is 122 Å². The summed E-state index contributed by atoms with van der Waals surface area (Å²) in [5, 5.41) is 9.92. The maximum Gasteiger partial charge on any atom is 0.164 e. The van der Waals surface area contributed by atoms with Crippen LogP contribution in [0.15, 0.2) is 42.5 Å². The molecular weight excluding hydrogens is 276 g/mol. The molecule has 0 radical (unpaired) electrons. The molecular formula is C16H17F2NO2. The lowest BCUT2D eigenvalue weighted by molar-refractivity contribution is 0.104. The molecule has 0 aliphatic heterocycles. The molecule has 0 bridgehead atoms. The Bertz CT molecular complexity index is 617. The lowest BCUT2D eigenvalue weighted by atomic mass is 10.1. The SMILES string of the molecule is CN(C)c1cccc(OCC(O)c2cccc(F)c2F)c1. The van der Waals surface area contributed by atoms with Gasteiger partial charge in [0.15, 0.2) is 11.6 Å². The minimum Gasteiger partial charge on any atom is -0.490 e. The van der Waals surface area contributed by atoms with E-state index in [0.717, 1.165) is 11.8 Å². The van der Waals surface area contributed by atoms with Gasteiger partial charge in [0.1, 0.15) is 18.5 Å². The maximum atomic E-state index is 13.6. The summed E-state index contributed by atoms with van der Waals surface area (Å²) in [6.07, 6.45) is -1.23. The van der Waals surface area contributed by atoms with E-state index in [2.05, 4.69) is 0 Å². The zero-order chi connectivity index (χ0) is 15.4. The molecule has 1 atom stereocenters. The normalized spacial score (nSPS) is 12.0. The zero-order valence-corrected chi connectivity index (χ0v) is 11.9. The second kappa shape index (κ2) is 6.54. The standard InChI is InChI=1S/C16H17F2NO2/c1-19(2)11-5-3-6-12(9-11)21-10-15(20)13-7-4-8-14(17)16(13)18/h3-9,15,20H,10H2,1-2H3. The first-order chi connectivity index (χ1) is 9.99. The Morgan fingerprint density at radius 2 is 1.86 bits per heavy atom. The summed E-state index contributed by atoms with van der Waals surface area (Å²) in [6.45, 7) is -0.156. The molecule has 1 N–H and O–H groups in total. The van der Waals surface area contributed by atoms with Gasteiger partial charge in [0.05, 0.1) is 0 Å². The largest absolute Gasteiger partial charge is 0.490 e. The van der Waals surface area contributed by atoms with Crippen molar-refractivity contribution >= 4 is 5.69 Å². The van der Waals surface area contributed by atoms with Gasteiger partial charge in [-0.05, 0) is 18.2 Å². The fourth-order valence-corrected chi connectivity index (χ4v) is 1.89. The number of anilines is 1. The smallest absolute Gasteiger partial charge is 0.164 e. The molecule has 0 spiro atoms. The third-order valence-corrected chi connectivity index (χ3v) is 3.08. The van der Waals surface area contributed by atoms with Gasteiger partial charge in [-0.2, -0.15) is 0 Å². The van der Waals surface area contributed by atoms with Gasteiger partial charge in [-0.3, -0.25) is 0 Å². The molecule has 0 heterocycles. The average molecular weight is 293 g/mol. The van der Waals surface area contributed by atoms with Crippen LogP contribution in [0.5, 0.6) is 5.75 Å². The molecule has 0 saturated heterocycles. The van der Waals surface area contributed by atoms with Crippen LogP contribution < -0.4 is 9.64 Å². The Morgan fingerprint density at radius 1 is 1.14 bits per heavy atom. The van der Waals surface area contributed by atoms with Crippen molar-refractivity contribution in [1.82, 2.24) is 0 Å². The molecule has 0 aliphatic carbocycles. The van der Waals surface area contributed by atoms with Crippen LogP contribution in [0, 0.1) is 11.6 Å². The van der Waals surface area contributed by atoms with Crippen molar-refractivity contribution in [3.63, 3.8) is 0 Å². The third-order valence-electron chi connectivity index (χ3n) is 3.08. The van der Waals surface area contributed by atoms with Gasteiger partial charge in [-0.25, -0.2) is 8.78 Å². The number of aliphatic hydroxyl groups is 1. The van der Waals surface area contributed by atoms with E-state index in [9.17, 15) is 13.9 Å². The number of hydrogen-bond acceptors (Lipinski definition) is 3. The summed E-state index contributed by atoms with van der Waals surface area (Å²) in [4.78, 5) is 1.91. The Hall–Kier alpha value is -2.14. The number of hydrogen-bond donors (Lipinski definition) is 1. The van der Waals surface area contributed by atoms with Crippen LogP contribution in [0.25, 0.3) is 0 Å². The third kappa shape index (κ3) is 3.70. The van der Waals surface area contributed by atoms with Gasteiger partial charge in [0.25, 0.3) is 0 Å². The summed E-state index contributed by atoms with van der Waals surface area (Å²) in [5.74, 6) is -1.48. The number of ether oxygens (including phenoxy) is 1. The highest BCUT2D eigenvalue weighted by atomic mass is 19.2. The van der Waals surface area contributed by atoms with E-state index < -0.39 is 17.7 Å². The number of benzene rings is 2. The van der Waals surface area contributed by atoms with E-state index in [0.29, 0.717) is 5.75 Å². The minimum absolute atomic E-state index is 0.112. The maximum absolute atomic E-state index is 13.6. The van der Waals surface area contributed by atoms with Crippen LogP contribution in [0.3, 0.4) is 0 Å². The highest BCUT2D eigenvalue weighted by Gasteiger charge is 2.16. The summed E-state index contributed by atoms with van der Waals surface area (Å²) in [7, 11) is 3.80. The van der Waals surface area contributed by atoms with E-state index in [4.69, 9.17) is 4.74 Å². The molecule has 112 valence electrons. The predicted molar refractivity (Wildman–Crippen MR) is 77.6 cm³/mol. The monoisotopic (exact) mass is 293 g/mol. The van der Waals surface area contributed by atoms with Gasteiger partial charge in [-0.1, -0.05) is 18.2 Å². The van der Waals surface area contributed by atoms with Crippen molar-refractivity contribution in [2.75, 3.05) is 25.6 Å². The van der Waals surface area contributed by atoms with E-state index in [1.807, 2.05) is 31.1 Å². The highest BCUT2D eigenvalue weighted by molar-refractivity contribution is 5.49. The van der Waals surface area contributed by atoms with Crippen LogP contribution in [-0.4, -0.2) is 25.8 Å². The Balaban J connectivity index is 2.05. The van der Waals surface area contributed by atoms with Crippen molar-refractivity contribution in [1.29, 1.82) is 0 Å². The topological polar surface area (TPSA) is 32.7 Å². The van der Waals surface area contributed by atoms with E-state index >= 15 is 0 Å². The van der Waals surface area contributed by atoms with Crippen molar-refractivity contribution in [3.8, 4) is 5.75 Å². The van der Waals surface area contributed by atoms with Gasteiger partial charge < -0.3 is 14.7 Å². The van der Waals surface area contributed by atoms with Gasteiger partial charge >= 0.3 is 0 Å². The van der Waals surface area contributed by atoms with E-state index in [-0.39, 0.29) is 12.2 Å². The lowest BCUT2D eigenvalue weighted by Gasteiger charge is -2.16.